The third-order valence-corrected chi connectivity index (χ3v) is 6.32. The average Bonchev–Trinajstić information content (AvgIpc) is 2.79. The summed E-state index contributed by atoms with van der Waals surface area (Å²) < 4.78 is 40.3. The SMILES string of the molecule is O=C(Nc1cnccn1)c1cc2c(nc1N1CCC[C@H](C(F)(F)F)C1)N[C@H]1CCCN2C1. The van der Waals surface area contributed by atoms with Gasteiger partial charge in [0.1, 0.15) is 5.82 Å². The Bertz CT molecular complexity index is 1000. The zero-order chi connectivity index (χ0) is 22.3. The highest BCUT2D eigenvalue weighted by molar-refractivity contribution is 6.08. The molecule has 0 radical (unpaired) electrons. The second kappa shape index (κ2) is 8.10. The maximum Gasteiger partial charge on any atom is 0.393 e. The molecule has 2 bridgehead atoms. The zero-order valence-electron chi connectivity index (χ0n) is 17.4. The van der Waals surface area contributed by atoms with Gasteiger partial charge < -0.3 is 20.4 Å². The van der Waals surface area contributed by atoms with E-state index in [0.29, 0.717) is 18.8 Å². The number of hydrogen-bond acceptors (Lipinski definition) is 7. The van der Waals surface area contributed by atoms with Crippen LogP contribution in [0.3, 0.4) is 0 Å². The Morgan fingerprint density at radius 2 is 1.94 bits per heavy atom. The van der Waals surface area contributed by atoms with Crippen LogP contribution in [-0.4, -0.2) is 59.3 Å². The fourth-order valence-electron chi connectivity index (χ4n) is 4.74. The van der Waals surface area contributed by atoms with Crippen molar-refractivity contribution in [3.8, 4) is 0 Å². The van der Waals surface area contributed by atoms with Crippen molar-refractivity contribution >= 4 is 29.0 Å². The van der Waals surface area contributed by atoms with E-state index in [4.69, 9.17) is 4.98 Å². The lowest BCUT2D eigenvalue weighted by Gasteiger charge is -2.42. The molecule has 5 rings (SSSR count). The molecule has 32 heavy (non-hydrogen) atoms. The number of aromatic nitrogens is 3. The lowest BCUT2D eigenvalue weighted by Crippen LogP contribution is -2.47. The van der Waals surface area contributed by atoms with Crippen LogP contribution in [0.5, 0.6) is 0 Å². The van der Waals surface area contributed by atoms with Crippen LogP contribution in [0.1, 0.15) is 36.0 Å². The predicted octanol–water partition coefficient (Wildman–Crippen LogP) is 3.30. The number of amides is 1. The van der Waals surface area contributed by atoms with Gasteiger partial charge in [0.05, 0.1) is 23.4 Å². The Balaban J connectivity index is 1.53. The number of rotatable bonds is 3. The summed E-state index contributed by atoms with van der Waals surface area (Å²) in [5.74, 6) is -0.747. The quantitative estimate of drug-likeness (QED) is 0.747. The van der Waals surface area contributed by atoms with E-state index in [1.165, 1.54) is 18.6 Å². The summed E-state index contributed by atoms with van der Waals surface area (Å²) in [7, 11) is 0. The van der Waals surface area contributed by atoms with Crippen LogP contribution in [0.15, 0.2) is 24.7 Å². The average molecular weight is 447 g/mol. The normalized spacial score (nSPS) is 22.7. The topological polar surface area (TPSA) is 86.3 Å². The molecule has 0 unspecified atom stereocenters. The lowest BCUT2D eigenvalue weighted by atomic mass is 9.96. The van der Waals surface area contributed by atoms with Gasteiger partial charge in [0, 0.05) is 44.6 Å². The Labute approximate surface area is 183 Å². The van der Waals surface area contributed by atoms with Crippen molar-refractivity contribution in [1.29, 1.82) is 0 Å². The van der Waals surface area contributed by atoms with Gasteiger partial charge >= 0.3 is 6.18 Å². The van der Waals surface area contributed by atoms with Gasteiger partial charge in [-0.3, -0.25) is 9.78 Å². The molecule has 5 heterocycles. The van der Waals surface area contributed by atoms with Gasteiger partial charge in [-0.1, -0.05) is 0 Å². The number of hydrogen-bond donors (Lipinski definition) is 2. The molecule has 0 aromatic carbocycles. The first-order valence-corrected chi connectivity index (χ1v) is 10.8. The van der Waals surface area contributed by atoms with Crippen LogP contribution in [0.25, 0.3) is 0 Å². The molecule has 2 fully saturated rings. The van der Waals surface area contributed by atoms with Gasteiger partial charge in [-0.2, -0.15) is 13.2 Å². The molecular formula is C21H24F3N7O. The Kier molecular flexibility index (Phi) is 5.26. The minimum atomic E-state index is -4.28. The summed E-state index contributed by atoms with van der Waals surface area (Å²) >= 11 is 0. The standard InChI is InChI=1S/C21H24F3N7O/c22-21(23,24)13-3-1-8-31(11-13)19-15(20(32)28-17-10-25-5-6-26-17)9-16-18(29-19)27-14-4-2-7-30(16)12-14/h5-6,9-10,13-14H,1-4,7-8,11-12H2,(H,27,29)(H,26,28,32)/t13-,14-/m0/s1. The molecule has 2 aromatic heterocycles. The summed E-state index contributed by atoms with van der Waals surface area (Å²) in [4.78, 5) is 29.7. The maximum absolute atomic E-state index is 13.4. The van der Waals surface area contributed by atoms with E-state index in [2.05, 4.69) is 25.5 Å². The maximum atomic E-state index is 13.4. The van der Waals surface area contributed by atoms with Crippen molar-refractivity contribution < 1.29 is 18.0 Å². The van der Waals surface area contributed by atoms with Crippen molar-refractivity contribution in [2.45, 2.75) is 37.9 Å². The molecule has 8 nitrogen and oxygen atoms in total. The first-order chi connectivity index (χ1) is 15.4. The van der Waals surface area contributed by atoms with Crippen molar-refractivity contribution in [1.82, 2.24) is 15.0 Å². The van der Waals surface area contributed by atoms with Crippen LogP contribution in [0.4, 0.5) is 36.3 Å². The molecule has 2 N–H and O–H groups in total. The predicted molar refractivity (Wildman–Crippen MR) is 114 cm³/mol. The van der Waals surface area contributed by atoms with Crippen LogP contribution >= 0.6 is 0 Å². The highest BCUT2D eigenvalue weighted by Crippen LogP contribution is 2.40. The number of anilines is 4. The van der Waals surface area contributed by atoms with Crippen LogP contribution in [0, 0.1) is 5.92 Å². The molecule has 2 atom stereocenters. The van der Waals surface area contributed by atoms with Crippen molar-refractivity contribution in [3.63, 3.8) is 0 Å². The number of halogens is 3. The second-order valence-corrected chi connectivity index (χ2v) is 8.53. The summed E-state index contributed by atoms with van der Waals surface area (Å²) in [6.45, 7) is 1.88. The first-order valence-electron chi connectivity index (χ1n) is 10.8. The smallest absolute Gasteiger partial charge is 0.366 e. The summed E-state index contributed by atoms with van der Waals surface area (Å²) in [6, 6.07) is 2.00. The Morgan fingerprint density at radius 1 is 1.12 bits per heavy atom. The van der Waals surface area contributed by atoms with Gasteiger partial charge in [-0.15, -0.1) is 0 Å². The number of alkyl halides is 3. The fraction of sp³-hybridized carbons (Fsp3) is 0.524. The number of nitrogens with one attached hydrogen (secondary N) is 2. The summed E-state index contributed by atoms with van der Waals surface area (Å²) in [5, 5.41) is 6.11. The van der Waals surface area contributed by atoms with Crippen LogP contribution in [-0.2, 0) is 0 Å². The number of pyridine rings is 1. The van der Waals surface area contributed by atoms with Crippen molar-refractivity contribution in [3.05, 3.63) is 30.2 Å². The van der Waals surface area contributed by atoms with Gasteiger partial charge in [-0.05, 0) is 31.7 Å². The minimum Gasteiger partial charge on any atom is -0.366 e. The molecular weight excluding hydrogens is 423 g/mol. The van der Waals surface area contributed by atoms with E-state index in [9.17, 15) is 18.0 Å². The van der Waals surface area contributed by atoms with E-state index in [0.717, 1.165) is 31.6 Å². The van der Waals surface area contributed by atoms with Crippen molar-refractivity contribution in [2.24, 2.45) is 5.92 Å². The zero-order valence-corrected chi connectivity index (χ0v) is 17.4. The Morgan fingerprint density at radius 3 is 2.72 bits per heavy atom. The minimum absolute atomic E-state index is 0.0835. The lowest BCUT2D eigenvalue weighted by molar-refractivity contribution is -0.176. The van der Waals surface area contributed by atoms with E-state index in [1.807, 2.05) is 0 Å². The van der Waals surface area contributed by atoms with Gasteiger partial charge in [-0.25, -0.2) is 9.97 Å². The Hall–Kier alpha value is -3.11. The van der Waals surface area contributed by atoms with Crippen LogP contribution < -0.4 is 20.4 Å². The molecule has 0 saturated carbocycles. The number of carbonyl (C=O) groups excluding carboxylic acids is 1. The molecule has 11 heteroatoms. The third-order valence-electron chi connectivity index (χ3n) is 6.32. The number of piperidine rings is 2. The van der Waals surface area contributed by atoms with Gasteiger partial charge in [0.25, 0.3) is 5.91 Å². The van der Waals surface area contributed by atoms with E-state index < -0.39 is 18.0 Å². The second-order valence-electron chi connectivity index (χ2n) is 8.53. The van der Waals surface area contributed by atoms with E-state index in [-0.39, 0.29) is 36.2 Å². The summed E-state index contributed by atoms with van der Waals surface area (Å²) in [6.07, 6.45) is 2.59. The molecule has 170 valence electrons. The van der Waals surface area contributed by atoms with Crippen molar-refractivity contribution in [2.75, 3.05) is 46.6 Å². The molecule has 3 aliphatic heterocycles. The molecule has 2 saturated heterocycles. The van der Waals surface area contributed by atoms with Gasteiger partial charge in [0.2, 0.25) is 0 Å². The molecule has 0 aliphatic carbocycles. The monoisotopic (exact) mass is 447 g/mol. The van der Waals surface area contributed by atoms with E-state index >= 15 is 0 Å². The van der Waals surface area contributed by atoms with E-state index in [1.54, 1.807) is 11.0 Å². The largest absolute Gasteiger partial charge is 0.393 e. The third kappa shape index (κ3) is 4.03. The molecule has 0 spiro atoms. The summed E-state index contributed by atoms with van der Waals surface area (Å²) in [5.41, 5.74) is 1.04. The molecule has 2 aromatic rings. The highest BCUT2D eigenvalue weighted by atomic mass is 19.4. The number of nitrogens with zero attached hydrogens (tertiary/aromatic N) is 5. The fourth-order valence-corrected chi connectivity index (χ4v) is 4.74. The first kappa shape index (κ1) is 20.8. The number of carbonyl (C=O) groups is 1. The molecule has 3 aliphatic rings. The number of fused-ring (bicyclic) bond motifs is 4. The highest BCUT2D eigenvalue weighted by Gasteiger charge is 2.43. The van der Waals surface area contributed by atoms with Crippen LogP contribution in [0.2, 0.25) is 0 Å². The molecule has 1 amide bonds. The van der Waals surface area contributed by atoms with Gasteiger partial charge in [0.15, 0.2) is 11.6 Å².